The van der Waals surface area contributed by atoms with Gasteiger partial charge in [0.2, 0.25) is 5.91 Å². The predicted octanol–water partition coefficient (Wildman–Crippen LogP) is 2.97. The molecule has 0 radical (unpaired) electrons. The number of nitrogens with zero attached hydrogens (tertiary/aromatic N) is 1. The SMILES string of the molecule is CCCCN(C)C(C(=O)Nc1ccc(N)cc1OC)C(C)C. The first-order valence-corrected chi connectivity index (χ1v) is 7.85. The number of carbonyl (C=O) groups is 1. The molecule has 1 unspecified atom stereocenters. The van der Waals surface area contributed by atoms with E-state index < -0.39 is 0 Å². The molecule has 1 amide bonds. The van der Waals surface area contributed by atoms with Crippen LogP contribution in [0.1, 0.15) is 33.6 Å². The maximum absolute atomic E-state index is 12.7. The van der Waals surface area contributed by atoms with E-state index in [0.717, 1.165) is 19.4 Å². The number of ether oxygens (including phenoxy) is 1. The minimum atomic E-state index is -0.172. The van der Waals surface area contributed by atoms with Gasteiger partial charge in [-0.05, 0) is 38.1 Å². The number of rotatable bonds is 8. The normalized spacial score (nSPS) is 12.5. The fourth-order valence-corrected chi connectivity index (χ4v) is 2.58. The van der Waals surface area contributed by atoms with E-state index in [9.17, 15) is 4.79 Å². The summed E-state index contributed by atoms with van der Waals surface area (Å²) in [4.78, 5) is 14.8. The highest BCUT2D eigenvalue weighted by atomic mass is 16.5. The summed E-state index contributed by atoms with van der Waals surface area (Å²) in [7, 11) is 3.57. The second kappa shape index (κ2) is 8.63. The summed E-state index contributed by atoms with van der Waals surface area (Å²) in [5.41, 5.74) is 7.00. The minimum absolute atomic E-state index is 0.0170. The molecule has 0 aliphatic carbocycles. The molecule has 0 aromatic heterocycles. The summed E-state index contributed by atoms with van der Waals surface area (Å²) in [6.45, 7) is 7.18. The van der Waals surface area contributed by atoms with Gasteiger partial charge in [-0.15, -0.1) is 0 Å². The lowest BCUT2D eigenvalue weighted by atomic mass is 10.0. The zero-order chi connectivity index (χ0) is 16.7. The molecule has 0 spiro atoms. The van der Waals surface area contributed by atoms with Gasteiger partial charge in [-0.2, -0.15) is 0 Å². The van der Waals surface area contributed by atoms with Crippen LogP contribution >= 0.6 is 0 Å². The van der Waals surface area contributed by atoms with Gasteiger partial charge in [-0.25, -0.2) is 0 Å². The van der Waals surface area contributed by atoms with Crippen molar-refractivity contribution in [3.8, 4) is 5.75 Å². The van der Waals surface area contributed by atoms with Crippen molar-refractivity contribution in [2.75, 3.05) is 31.8 Å². The van der Waals surface area contributed by atoms with E-state index >= 15 is 0 Å². The molecule has 5 nitrogen and oxygen atoms in total. The van der Waals surface area contributed by atoms with Crippen molar-refractivity contribution >= 4 is 17.3 Å². The Balaban J connectivity index is 2.87. The molecule has 0 bridgehead atoms. The van der Waals surface area contributed by atoms with Crippen molar-refractivity contribution in [2.24, 2.45) is 5.92 Å². The predicted molar refractivity (Wildman–Crippen MR) is 92.2 cm³/mol. The molecule has 0 heterocycles. The number of likely N-dealkylation sites (N-methyl/N-ethyl adjacent to an activating group) is 1. The number of hydrogen-bond acceptors (Lipinski definition) is 4. The molecule has 1 aromatic carbocycles. The van der Waals surface area contributed by atoms with Gasteiger partial charge >= 0.3 is 0 Å². The molecule has 0 fully saturated rings. The number of amides is 1. The molecule has 0 aliphatic heterocycles. The summed E-state index contributed by atoms with van der Waals surface area (Å²) in [6, 6.07) is 5.06. The quantitative estimate of drug-likeness (QED) is 0.725. The van der Waals surface area contributed by atoms with Crippen LogP contribution in [-0.2, 0) is 4.79 Å². The highest BCUT2D eigenvalue weighted by Gasteiger charge is 2.26. The first-order chi connectivity index (χ1) is 10.4. The van der Waals surface area contributed by atoms with Crippen molar-refractivity contribution in [1.82, 2.24) is 4.90 Å². The van der Waals surface area contributed by atoms with Gasteiger partial charge < -0.3 is 15.8 Å². The van der Waals surface area contributed by atoms with Crippen LogP contribution in [0, 0.1) is 5.92 Å². The monoisotopic (exact) mass is 307 g/mol. The molecule has 1 aromatic rings. The zero-order valence-corrected chi connectivity index (χ0v) is 14.3. The van der Waals surface area contributed by atoms with Gasteiger partial charge in [0.15, 0.2) is 0 Å². The third-order valence-corrected chi connectivity index (χ3v) is 3.72. The lowest BCUT2D eigenvalue weighted by molar-refractivity contribution is -0.122. The number of anilines is 2. The molecule has 1 rings (SSSR count). The van der Waals surface area contributed by atoms with Crippen LogP contribution in [0.4, 0.5) is 11.4 Å². The number of benzene rings is 1. The van der Waals surface area contributed by atoms with E-state index in [2.05, 4.69) is 31.0 Å². The maximum atomic E-state index is 12.7. The summed E-state index contributed by atoms with van der Waals surface area (Å²) in [5.74, 6) is 0.783. The molecule has 1 atom stereocenters. The Morgan fingerprint density at radius 2 is 2.09 bits per heavy atom. The van der Waals surface area contributed by atoms with Crippen molar-refractivity contribution in [3.05, 3.63) is 18.2 Å². The molecule has 22 heavy (non-hydrogen) atoms. The molecule has 0 aliphatic rings. The second-order valence-corrected chi connectivity index (χ2v) is 5.97. The Morgan fingerprint density at radius 1 is 1.41 bits per heavy atom. The van der Waals surface area contributed by atoms with Crippen LogP contribution in [-0.4, -0.2) is 37.6 Å². The first-order valence-electron chi connectivity index (χ1n) is 7.85. The number of nitrogens with one attached hydrogen (secondary N) is 1. The maximum Gasteiger partial charge on any atom is 0.242 e. The fourth-order valence-electron chi connectivity index (χ4n) is 2.58. The highest BCUT2D eigenvalue weighted by Crippen LogP contribution is 2.27. The van der Waals surface area contributed by atoms with Crippen LogP contribution in [0.15, 0.2) is 18.2 Å². The number of nitrogen functional groups attached to an aromatic ring is 1. The van der Waals surface area contributed by atoms with Crippen molar-refractivity contribution in [1.29, 1.82) is 0 Å². The Hall–Kier alpha value is -1.75. The summed E-state index contributed by atoms with van der Waals surface area (Å²) in [6.07, 6.45) is 2.20. The molecule has 0 saturated carbocycles. The second-order valence-electron chi connectivity index (χ2n) is 5.97. The van der Waals surface area contributed by atoms with Crippen LogP contribution in [0.5, 0.6) is 5.75 Å². The van der Waals surface area contributed by atoms with Crippen molar-refractivity contribution in [2.45, 2.75) is 39.7 Å². The van der Waals surface area contributed by atoms with Gasteiger partial charge in [0.1, 0.15) is 5.75 Å². The van der Waals surface area contributed by atoms with Crippen molar-refractivity contribution < 1.29 is 9.53 Å². The Morgan fingerprint density at radius 3 is 2.64 bits per heavy atom. The van der Waals surface area contributed by atoms with E-state index in [0.29, 0.717) is 17.1 Å². The molecular formula is C17H29N3O2. The molecule has 0 saturated heterocycles. The van der Waals surface area contributed by atoms with Crippen LogP contribution < -0.4 is 15.8 Å². The topological polar surface area (TPSA) is 67.6 Å². The number of nitrogens with two attached hydrogens (primary N) is 1. The third-order valence-electron chi connectivity index (χ3n) is 3.72. The average Bonchev–Trinajstić information content (AvgIpc) is 2.46. The number of hydrogen-bond donors (Lipinski definition) is 2. The van der Waals surface area contributed by atoms with E-state index in [4.69, 9.17) is 10.5 Å². The van der Waals surface area contributed by atoms with E-state index in [1.54, 1.807) is 25.3 Å². The van der Waals surface area contributed by atoms with Gasteiger partial charge in [0, 0.05) is 11.8 Å². The van der Waals surface area contributed by atoms with Crippen LogP contribution in [0.25, 0.3) is 0 Å². The van der Waals surface area contributed by atoms with E-state index in [-0.39, 0.29) is 17.9 Å². The summed E-state index contributed by atoms with van der Waals surface area (Å²) in [5, 5.41) is 2.97. The van der Waals surface area contributed by atoms with Crippen LogP contribution in [0.2, 0.25) is 0 Å². The van der Waals surface area contributed by atoms with Gasteiger partial charge in [0.25, 0.3) is 0 Å². The van der Waals surface area contributed by atoms with E-state index in [1.807, 2.05) is 7.05 Å². The summed E-state index contributed by atoms with van der Waals surface area (Å²) >= 11 is 0. The molecule has 124 valence electrons. The van der Waals surface area contributed by atoms with E-state index in [1.165, 1.54) is 0 Å². The van der Waals surface area contributed by atoms with Gasteiger partial charge in [-0.1, -0.05) is 27.2 Å². The molecule has 3 N–H and O–H groups in total. The Labute approximate surface area is 133 Å². The zero-order valence-electron chi connectivity index (χ0n) is 14.3. The number of carbonyl (C=O) groups excluding carboxylic acids is 1. The van der Waals surface area contributed by atoms with Gasteiger partial charge in [0.05, 0.1) is 18.8 Å². The van der Waals surface area contributed by atoms with Gasteiger partial charge in [-0.3, -0.25) is 9.69 Å². The molecule has 5 heteroatoms. The lowest BCUT2D eigenvalue weighted by Gasteiger charge is -2.30. The third kappa shape index (κ3) is 4.91. The number of unbranched alkanes of at least 4 members (excludes halogenated alkanes) is 1. The largest absolute Gasteiger partial charge is 0.494 e. The Bertz CT molecular complexity index is 489. The Kier molecular flexibility index (Phi) is 7.18. The summed E-state index contributed by atoms with van der Waals surface area (Å²) < 4.78 is 5.28. The fraction of sp³-hybridized carbons (Fsp3) is 0.588. The highest BCUT2D eigenvalue weighted by molar-refractivity contribution is 5.96. The van der Waals surface area contributed by atoms with Crippen molar-refractivity contribution in [3.63, 3.8) is 0 Å². The smallest absolute Gasteiger partial charge is 0.242 e. The number of methoxy groups -OCH3 is 1. The standard InChI is InChI=1S/C17H29N3O2/c1-6-7-10-20(4)16(12(2)3)17(21)19-14-9-8-13(18)11-15(14)22-5/h8-9,11-12,16H,6-7,10,18H2,1-5H3,(H,19,21). The van der Waals surface area contributed by atoms with Crippen LogP contribution in [0.3, 0.4) is 0 Å². The average molecular weight is 307 g/mol. The molecular weight excluding hydrogens is 278 g/mol. The minimum Gasteiger partial charge on any atom is -0.494 e. The lowest BCUT2D eigenvalue weighted by Crippen LogP contribution is -2.45. The first kappa shape index (κ1) is 18.3.